The Balaban J connectivity index is 1.94. The Kier molecular flexibility index (Phi) is 4.68. The van der Waals surface area contributed by atoms with Gasteiger partial charge in [0.25, 0.3) is 0 Å². The Morgan fingerprint density at radius 2 is 2.42 bits per heavy atom. The summed E-state index contributed by atoms with van der Waals surface area (Å²) in [5.74, 6) is -0.272. The van der Waals surface area contributed by atoms with Crippen LogP contribution in [-0.4, -0.2) is 49.3 Å². The van der Waals surface area contributed by atoms with E-state index in [1.807, 2.05) is 7.05 Å². The standard InChI is InChI=1S/C13H17FN2O2S/c1-16-4-5-17-10(7-16)8-18-12-3-2-9(13(15)19)6-11(12)14/h2-3,6,10H,4-5,7-8H2,1H3,(H2,15,19). The van der Waals surface area contributed by atoms with Crippen molar-refractivity contribution in [3.8, 4) is 5.75 Å². The molecule has 1 saturated heterocycles. The van der Waals surface area contributed by atoms with Gasteiger partial charge in [-0.1, -0.05) is 12.2 Å². The maximum absolute atomic E-state index is 13.7. The van der Waals surface area contributed by atoms with E-state index in [1.165, 1.54) is 12.1 Å². The quantitative estimate of drug-likeness (QED) is 0.841. The molecule has 1 aliphatic rings. The van der Waals surface area contributed by atoms with Crippen molar-refractivity contribution >= 4 is 17.2 Å². The van der Waals surface area contributed by atoms with Gasteiger partial charge in [-0.05, 0) is 25.2 Å². The van der Waals surface area contributed by atoms with Crippen molar-refractivity contribution in [3.63, 3.8) is 0 Å². The smallest absolute Gasteiger partial charge is 0.165 e. The van der Waals surface area contributed by atoms with Crippen LogP contribution < -0.4 is 10.5 Å². The van der Waals surface area contributed by atoms with Gasteiger partial charge in [-0.15, -0.1) is 0 Å². The van der Waals surface area contributed by atoms with Gasteiger partial charge < -0.3 is 20.1 Å². The average Bonchev–Trinajstić information content (AvgIpc) is 2.37. The summed E-state index contributed by atoms with van der Waals surface area (Å²) in [7, 11) is 2.02. The molecule has 104 valence electrons. The summed E-state index contributed by atoms with van der Waals surface area (Å²) in [5.41, 5.74) is 5.93. The van der Waals surface area contributed by atoms with Gasteiger partial charge in [0.05, 0.1) is 6.61 Å². The molecule has 2 rings (SSSR count). The molecule has 0 saturated carbocycles. The first-order valence-electron chi connectivity index (χ1n) is 6.08. The third kappa shape index (κ3) is 3.86. The number of likely N-dealkylation sites (N-methyl/N-ethyl adjacent to an activating group) is 1. The lowest BCUT2D eigenvalue weighted by molar-refractivity contribution is -0.0408. The fourth-order valence-electron chi connectivity index (χ4n) is 1.92. The van der Waals surface area contributed by atoms with E-state index in [9.17, 15) is 4.39 Å². The first-order valence-corrected chi connectivity index (χ1v) is 6.49. The fraction of sp³-hybridized carbons (Fsp3) is 0.462. The Labute approximate surface area is 117 Å². The largest absolute Gasteiger partial charge is 0.488 e. The number of ether oxygens (including phenoxy) is 2. The Morgan fingerprint density at radius 3 is 3.05 bits per heavy atom. The van der Waals surface area contributed by atoms with Gasteiger partial charge in [0.1, 0.15) is 17.7 Å². The Bertz CT molecular complexity index is 470. The molecule has 0 amide bonds. The summed E-state index contributed by atoms with van der Waals surface area (Å²) in [4.78, 5) is 2.33. The minimum Gasteiger partial charge on any atom is -0.488 e. The highest BCUT2D eigenvalue weighted by Crippen LogP contribution is 2.19. The van der Waals surface area contributed by atoms with Crippen molar-refractivity contribution in [2.45, 2.75) is 6.10 Å². The van der Waals surface area contributed by atoms with Crippen molar-refractivity contribution in [3.05, 3.63) is 29.6 Å². The molecule has 0 aliphatic carbocycles. The van der Waals surface area contributed by atoms with Crippen LogP contribution in [0.25, 0.3) is 0 Å². The van der Waals surface area contributed by atoms with Crippen molar-refractivity contribution < 1.29 is 13.9 Å². The zero-order chi connectivity index (χ0) is 13.8. The van der Waals surface area contributed by atoms with E-state index in [0.717, 1.165) is 13.1 Å². The monoisotopic (exact) mass is 284 g/mol. The number of halogens is 1. The maximum Gasteiger partial charge on any atom is 0.165 e. The van der Waals surface area contributed by atoms with Crippen molar-refractivity contribution in [2.75, 3.05) is 33.4 Å². The second kappa shape index (κ2) is 6.27. The Morgan fingerprint density at radius 1 is 1.63 bits per heavy atom. The van der Waals surface area contributed by atoms with Crippen LogP contribution >= 0.6 is 12.2 Å². The number of morpholine rings is 1. The molecule has 1 unspecified atom stereocenters. The van der Waals surface area contributed by atoms with E-state index in [-0.39, 0.29) is 16.8 Å². The lowest BCUT2D eigenvalue weighted by Gasteiger charge is -2.29. The zero-order valence-corrected chi connectivity index (χ0v) is 11.6. The molecule has 0 aromatic heterocycles. The summed E-state index contributed by atoms with van der Waals surface area (Å²) in [5, 5.41) is 0. The molecule has 1 heterocycles. The average molecular weight is 284 g/mol. The molecule has 4 nitrogen and oxygen atoms in total. The topological polar surface area (TPSA) is 47.7 Å². The number of hydrogen-bond donors (Lipinski definition) is 1. The van der Waals surface area contributed by atoms with Gasteiger partial charge in [-0.2, -0.15) is 0 Å². The third-order valence-electron chi connectivity index (χ3n) is 2.98. The van der Waals surface area contributed by atoms with Crippen LogP contribution in [0, 0.1) is 5.82 Å². The lowest BCUT2D eigenvalue weighted by Crippen LogP contribution is -2.42. The molecule has 0 radical (unpaired) electrons. The summed E-state index contributed by atoms with van der Waals surface area (Å²) in [6.45, 7) is 2.70. The van der Waals surface area contributed by atoms with Crippen molar-refractivity contribution in [1.29, 1.82) is 0 Å². The minimum atomic E-state index is -0.463. The van der Waals surface area contributed by atoms with E-state index in [1.54, 1.807) is 6.07 Å². The summed E-state index contributed by atoms with van der Waals surface area (Å²) >= 11 is 4.79. The molecule has 1 aliphatic heterocycles. The molecule has 1 aromatic carbocycles. The van der Waals surface area contributed by atoms with Gasteiger partial charge in [-0.25, -0.2) is 4.39 Å². The molecular weight excluding hydrogens is 267 g/mol. The second-order valence-electron chi connectivity index (χ2n) is 4.58. The highest BCUT2D eigenvalue weighted by Gasteiger charge is 2.18. The Hall–Kier alpha value is -1.24. The number of hydrogen-bond acceptors (Lipinski definition) is 4. The molecule has 6 heteroatoms. The lowest BCUT2D eigenvalue weighted by atomic mass is 10.2. The number of benzene rings is 1. The summed E-state index contributed by atoms with van der Waals surface area (Å²) < 4.78 is 24.7. The first-order chi connectivity index (χ1) is 9.06. The van der Waals surface area contributed by atoms with E-state index in [4.69, 9.17) is 27.4 Å². The molecule has 0 spiro atoms. The van der Waals surface area contributed by atoms with Crippen molar-refractivity contribution in [1.82, 2.24) is 4.90 Å². The first kappa shape index (κ1) is 14.2. The SMILES string of the molecule is CN1CCOC(COc2ccc(C(N)=S)cc2F)C1. The predicted octanol–water partition coefficient (Wildman–Crippen LogP) is 1.17. The van der Waals surface area contributed by atoms with Crippen LogP contribution in [0.15, 0.2) is 18.2 Å². The highest BCUT2D eigenvalue weighted by molar-refractivity contribution is 7.80. The van der Waals surface area contributed by atoms with E-state index >= 15 is 0 Å². The number of nitrogens with two attached hydrogens (primary N) is 1. The van der Waals surface area contributed by atoms with E-state index in [2.05, 4.69) is 4.90 Å². The molecule has 2 N–H and O–H groups in total. The van der Waals surface area contributed by atoms with Crippen LogP contribution in [0.5, 0.6) is 5.75 Å². The van der Waals surface area contributed by atoms with Crippen LogP contribution in [0.1, 0.15) is 5.56 Å². The van der Waals surface area contributed by atoms with E-state index < -0.39 is 5.82 Å². The van der Waals surface area contributed by atoms with Crippen LogP contribution in [-0.2, 0) is 4.74 Å². The highest BCUT2D eigenvalue weighted by atomic mass is 32.1. The molecule has 0 bridgehead atoms. The minimum absolute atomic E-state index is 0.0339. The second-order valence-corrected chi connectivity index (χ2v) is 5.02. The van der Waals surface area contributed by atoms with Gasteiger partial charge in [0.15, 0.2) is 11.6 Å². The van der Waals surface area contributed by atoms with Gasteiger partial charge in [-0.3, -0.25) is 0 Å². The third-order valence-corrected chi connectivity index (χ3v) is 3.22. The fourth-order valence-corrected chi connectivity index (χ4v) is 2.05. The zero-order valence-electron chi connectivity index (χ0n) is 10.8. The van der Waals surface area contributed by atoms with Crippen LogP contribution in [0.3, 0.4) is 0 Å². The van der Waals surface area contributed by atoms with E-state index in [0.29, 0.717) is 18.8 Å². The van der Waals surface area contributed by atoms with Crippen LogP contribution in [0.4, 0.5) is 4.39 Å². The number of nitrogens with zero attached hydrogens (tertiary/aromatic N) is 1. The van der Waals surface area contributed by atoms with Gasteiger partial charge in [0, 0.05) is 18.7 Å². The predicted molar refractivity (Wildman–Crippen MR) is 75.0 cm³/mol. The number of rotatable bonds is 4. The maximum atomic E-state index is 13.7. The summed E-state index contributed by atoms with van der Waals surface area (Å²) in [6, 6.07) is 4.47. The molecule has 1 fully saturated rings. The molecule has 1 aromatic rings. The molecular formula is C13H17FN2O2S. The van der Waals surface area contributed by atoms with Gasteiger partial charge >= 0.3 is 0 Å². The van der Waals surface area contributed by atoms with Gasteiger partial charge in [0.2, 0.25) is 0 Å². The van der Waals surface area contributed by atoms with Crippen molar-refractivity contribution in [2.24, 2.45) is 5.73 Å². The summed E-state index contributed by atoms with van der Waals surface area (Å²) in [6.07, 6.45) is -0.0339. The molecule has 19 heavy (non-hydrogen) atoms. The normalized spacial score (nSPS) is 20.2. The van der Waals surface area contributed by atoms with Crippen LogP contribution in [0.2, 0.25) is 0 Å². The number of thiocarbonyl (C=S) groups is 1. The molecule has 1 atom stereocenters.